The van der Waals surface area contributed by atoms with Gasteiger partial charge in [-0.2, -0.15) is 0 Å². The summed E-state index contributed by atoms with van der Waals surface area (Å²) in [4.78, 5) is 76.7. The number of hydrogen-bond acceptors (Lipinski definition) is 13. The van der Waals surface area contributed by atoms with E-state index in [4.69, 9.17) is 39.8 Å². The molecule has 6 N–H and O–H groups in total. The van der Waals surface area contributed by atoms with Crippen molar-refractivity contribution in [2.24, 2.45) is 5.73 Å². The van der Waals surface area contributed by atoms with Gasteiger partial charge in [0, 0.05) is 86.1 Å². The van der Waals surface area contributed by atoms with Gasteiger partial charge in [0.1, 0.15) is 6.61 Å². The lowest BCUT2D eigenvalue weighted by molar-refractivity contribution is -0.139. The van der Waals surface area contributed by atoms with Crippen LogP contribution < -0.4 is 11.1 Å². The fourth-order valence-electron chi connectivity index (χ4n) is 9.03. The Labute approximate surface area is 379 Å². The van der Waals surface area contributed by atoms with Gasteiger partial charge in [-0.1, -0.05) is 13.8 Å². The van der Waals surface area contributed by atoms with Crippen LogP contribution in [0.15, 0.2) is 30.4 Å². The first-order valence-corrected chi connectivity index (χ1v) is 22.7. The van der Waals surface area contributed by atoms with Gasteiger partial charge in [-0.05, 0) is 80.2 Å². The van der Waals surface area contributed by atoms with Crippen LogP contribution in [0.25, 0.3) is 33.3 Å². The minimum Gasteiger partial charge on any atom is -0.460 e. The van der Waals surface area contributed by atoms with E-state index in [1.54, 1.807) is 6.08 Å². The first kappa shape index (κ1) is 47.4. The van der Waals surface area contributed by atoms with Crippen molar-refractivity contribution >= 4 is 57.0 Å². The molecule has 65 heavy (non-hydrogen) atoms. The number of aliphatic hydroxyl groups excluding tert-OH is 1. The topological polar surface area (TPSA) is 227 Å². The van der Waals surface area contributed by atoms with Crippen LogP contribution in [0, 0.1) is 6.92 Å². The second kappa shape index (κ2) is 21.6. The predicted molar refractivity (Wildman–Crippen MR) is 246 cm³/mol. The molecule has 0 radical (unpaired) electrons. The molecular weight excluding hydrogens is 833 g/mol. The zero-order valence-electron chi connectivity index (χ0n) is 38.1. The molecule has 0 spiro atoms. The standard InChI is InChI=1S/C48H62N8O9/c1-6-32-28(2)36-26-40-33(8-10-42(59)65-24-23-64-22-21-63-20-17-57)29(3)35(52-40)25-37-30(4)34(7-9-41(58)50-12-11-49)45(53-37)44-46-43(31(5)38(54-46)27-39(32)51-36)47(60)56(48(44)61)14-13-55-15-18-62-19-16-55/h8,10,25-27,30,34,53-54,57H,6-7,9,11-24,49H2,1-5H3,(H,50,58)/b10-8+,37-25?,39-27?,40-26?,45-44?/t30-,34-/m0/s1. The molecule has 2 atom stereocenters. The molecule has 7 heterocycles. The van der Waals surface area contributed by atoms with Crippen LogP contribution in [-0.2, 0) is 28.5 Å². The summed E-state index contributed by atoms with van der Waals surface area (Å²) < 4.78 is 21.6. The number of hydrogen-bond donors (Lipinski definition) is 5. The Hall–Kier alpha value is -5.56. The SMILES string of the molecule is CCC1=C(C)c2cc3nc(cc4[nH]c(c5c6[nH]c(cc1n2)c(C)c6C(=O)N(CCN1CCOCC1)C5=O)[C@@H](CCC(=O)NCCN)[C@@H]4C)C(C)=C3/C=C/C(=O)OCCOCCOCCO. The molecule has 348 valence electrons. The number of morpholine rings is 1. The van der Waals surface area contributed by atoms with Gasteiger partial charge in [-0.3, -0.25) is 24.2 Å². The van der Waals surface area contributed by atoms with Crippen LogP contribution in [-0.4, -0.2) is 151 Å². The number of carbonyl (C=O) groups excluding carboxylic acids is 4. The van der Waals surface area contributed by atoms with Crippen molar-refractivity contribution in [1.29, 1.82) is 0 Å². The van der Waals surface area contributed by atoms with Crippen molar-refractivity contribution in [3.05, 3.63) is 81.2 Å². The van der Waals surface area contributed by atoms with Crippen molar-refractivity contribution in [1.82, 2.24) is 35.1 Å². The summed E-state index contributed by atoms with van der Waals surface area (Å²) in [5.74, 6) is -1.98. The summed E-state index contributed by atoms with van der Waals surface area (Å²) in [5, 5.41) is 11.7. The lowest BCUT2D eigenvalue weighted by Gasteiger charge is -2.31. The van der Waals surface area contributed by atoms with Crippen molar-refractivity contribution in [3.8, 4) is 0 Å². The van der Waals surface area contributed by atoms with Gasteiger partial charge < -0.3 is 45.1 Å². The number of amides is 3. The second-order valence-electron chi connectivity index (χ2n) is 16.7. The van der Waals surface area contributed by atoms with Crippen LogP contribution in [0.3, 0.4) is 0 Å². The maximum absolute atomic E-state index is 15.0. The van der Waals surface area contributed by atoms with Gasteiger partial charge >= 0.3 is 5.97 Å². The summed E-state index contributed by atoms with van der Waals surface area (Å²) in [6.07, 6.45) is 4.37. The molecule has 2 aromatic rings. The molecular formula is C48H62N8O9. The van der Waals surface area contributed by atoms with Gasteiger partial charge in [-0.25, -0.2) is 14.8 Å². The lowest BCUT2D eigenvalue weighted by atomic mass is 9.84. The molecule has 0 unspecified atom stereocenters. The summed E-state index contributed by atoms with van der Waals surface area (Å²) >= 11 is 0. The van der Waals surface area contributed by atoms with E-state index in [9.17, 15) is 14.4 Å². The van der Waals surface area contributed by atoms with E-state index in [0.29, 0.717) is 128 Å². The monoisotopic (exact) mass is 894 g/mol. The smallest absolute Gasteiger partial charge is 0.330 e. The van der Waals surface area contributed by atoms with Crippen molar-refractivity contribution in [2.75, 3.05) is 92.1 Å². The number of imide groups is 1. The van der Waals surface area contributed by atoms with Crippen molar-refractivity contribution < 1.29 is 43.2 Å². The fourth-order valence-corrected chi connectivity index (χ4v) is 9.03. The Morgan fingerprint density at radius 1 is 0.923 bits per heavy atom. The van der Waals surface area contributed by atoms with Gasteiger partial charge in [0.15, 0.2) is 0 Å². The number of rotatable bonds is 19. The maximum Gasteiger partial charge on any atom is 0.330 e. The highest BCUT2D eigenvalue weighted by Crippen LogP contribution is 2.45. The molecule has 5 aliphatic heterocycles. The molecule has 3 amide bonds. The lowest BCUT2D eigenvalue weighted by Crippen LogP contribution is -2.47. The minimum absolute atomic E-state index is 0.0517. The van der Waals surface area contributed by atoms with Crippen molar-refractivity contribution in [3.63, 3.8) is 0 Å². The van der Waals surface area contributed by atoms with E-state index in [0.717, 1.165) is 28.1 Å². The molecule has 17 nitrogen and oxygen atoms in total. The number of nitrogens with one attached hydrogen (secondary N) is 3. The van der Waals surface area contributed by atoms with Crippen LogP contribution >= 0.6 is 0 Å². The minimum atomic E-state index is -0.544. The van der Waals surface area contributed by atoms with E-state index < -0.39 is 11.9 Å². The number of H-pyrrole nitrogens is 2. The normalized spacial score (nSPS) is 18.3. The third-order valence-corrected chi connectivity index (χ3v) is 12.7. The average molecular weight is 895 g/mol. The number of nitrogens with zero attached hydrogens (tertiary/aromatic N) is 4. The average Bonchev–Trinajstić information content (AvgIpc) is 3.98. The van der Waals surface area contributed by atoms with Gasteiger partial charge in [0.2, 0.25) is 5.91 Å². The summed E-state index contributed by atoms with van der Waals surface area (Å²) in [6, 6.07) is 5.86. The Kier molecular flexibility index (Phi) is 15.8. The number of carbonyl (C=O) groups is 4. The van der Waals surface area contributed by atoms with E-state index in [-0.39, 0.29) is 63.0 Å². The maximum atomic E-state index is 15.0. The summed E-state index contributed by atoms with van der Waals surface area (Å²) in [5.41, 5.74) is 16.0. The third kappa shape index (κ3) is 10.5. The zero-order chi connectivity index (χ0) is 46.2. The van der Waals surface area contributed by atoms with Gasteiger partial charge in [0.25, 0.3) is 11.8 Å². The van der Waals surface area contributed by atoms with Gasteiger partial charge in [0.05, 0.1) is 85.7 Å². The zero-order valence-corrected chi connectivity index (χ0v) is 38.1. The third-order valence-electron chi connectivity index (χ3n) is 12.7. The molecule has 0 saturated carbocycles. The second-order valence-corrected chi connectivity index (χ2v) is 16.7. The molecule has 17 heteroatoms. The Morgan fingerprint density at radius 2 is 1.63 bits per heavy atom. The number of ether oxygens (including phenoxy) is 4. The van der Waals surface area contributed by atoms with E-state index >= 15 is 4.79 Å². The number of aliphatic hydroxyl groups is 1. The number of aromatic nitrogens is 4. The van der Waals surface area contributed by atoms with Crippen LogP contribution in [0.4, 0.5) is 0 Å². The molecule has 5 aliphatic rings. The Morgan fingerprint density at radius 3 is 2.37 bits per heavy atom. The molecule has 1 fully saturated rings. The first-order valence-electron chi connectivity index (χ1n) is 22.7. The number of aromatic amines is 2. The number of aryl methyl sites for hydroxylation is 1. The molecule has 0 aromatic carbocycles. The molecule has 8 bridgehead atoms. The predicted octanol–water partition coefficient (Wildman–Crippen LogP) is 4.41. The van der Waals surface area contributed by atoms with E-state index in [1.165, 1.54) is 11.0 Å². The summed E-state index contributed by atoms with van der Waals surface area (Å²) in [6.45, 7) is 15.0. The fraction of sp³-hybridized carbons (Fsp3) is 0.500. The Bertz CT molecular complexity index is 2460. The van der Waals surface area contributed by atoms with Crippen LogP contribution in [0.2, 0.25) is 0 Å². The highest BCUT2D eigenvalue weighted by molar-refractivity contribution is 6.23. The van der Waals surface area contributed by atoms with E-state index in [2.05, 4.69) is 34.0 Å². The number of allylic oxidation sites excluding steroid dienone is 5. The van der Waals surface area contributed by atoms with E-state index in [1.807, 2.05) is 39.0 Å². The molecule has 1 saturated heterocycles. The quantitative estimate of drug-likeness (QED) is 0.0571. The Balaban J connectivity index is 1.37. The molecule has 2 aromatic heterocycles. The largest absolute Gasteiger partial charge is 0.460 e. The molecule has 7 rings (SSSR count). The van der Waals surface area contributed by atoms with Gasteiger partial charge in [-0.15, -0.1) is 0 Å². The first-order chi connectivity index (χ1) is 31.4. The highest BCUT2D eigenvalue weighted by Gasteiger charge is 2.40. The number of fused-ring (bicyclic) bond motifs is 8. The summed E-state index contributed by atoms with van der Waals surface area (Å²) in [7, 11) is 0. The van der Waals surface area contributed by atoms with Crippen molar-refractivity contribution in [2.45, 2.75) is 65.7 Å². The van der Waals surface area contributed by atoms with Crippen LogP contribution in [0.1, 0.15) is 119 Å². The van der Waals surface area contributed by atoms with Crippen LogP contribution in [0.5, 0.6) is 0 Å². The molecule has 0 aliphatic carbocycles. The number of nitrogens with two attached hydrogens (primary N) is 1. The number of esters is 1. The highest BCUT2D eigenvalue weighted by atomic mass is 16.6.